The molecule has 15 nitrogen and oxygen atoms in total. The van der Waals surface area contributed by atoms with Gasteiger partial charge in [0, 0.05) is 18.3 Å². The molecule has 4 atom stereocenters. The molecular formula is C20H32N8O7. The molecule has 0 aliphatic heterocycles. The highest BCUT2D eigenvalue weighted by Crippen LogP contribution is 2.07. The molecule has 0 saturated carbocycles. The van der Waals surface area contributed by atoms with E-state index in [0.717, 1.165) is 0 Å². The Morgan fingerprint density at radius 2 is 1.40 bits per heavy atom. The van der Waals surface area contributed by atoms with Crippen LogP contribution < -0.4 is 33.2 Å². The second kappa shape index (κ2) is 13.6. The molecule has 1 aromatic heterocycles. The number of hydrogen-bond donors (Lipinski definition) is 8. The standard InChI is InChI=1S/C20H32N8O7/c1-9(2)3-14(20(34)35)28-19(33)13(6-16(23)30)27-18(32)12(5-15(22)29)26-17(31)11(21)4-10-7-24-8-25-10/h7-9,11-14H,3-6,21H2,1-2H3,(H2,22,29)(H2,23,30)(H,24,25)(H,26,31)(H,27,32)(H,28,33)(H,34,35). The number of imidazole rings is 1. The first-order chi connectivity index (χ1) is 16.3. The Kier molecular flexibility index (Phi) is 11.3. The van der Waals surface area contributed by atoms with Crippen LogP contribution in [0, 0.1) is 5.92 Å². The van der Waals surface area contributed by atoms with E-state index in [1.807, 2.05) is 0 Å². The van der Waals surface area contributed by atoms with Crippen molar-refractivity contribution in [2.24, 2.45) is 23.1 Å². The quantitative estimate of drug-likeness (QED) is 0.120. The Morgan fingerprint density at radius 3 is 1.80 bits per heavy atom. The van der Waals surface area contributed by atoms with Gasteiger partial charge in [-0.25, -0.2) is 9.78 Å². The minimum atomic E-state index is -1.57. The SMILES string of the molecule is CC(C)CC(NC(=O)C(CC(N)=O)NC(=O)C(CC(N)=O)NC(=O)C(N)Cc1cnc[nH]1)C(=O)O. The largest absolute Gasteiger partial charge is 0.480 e. The van der Waals surface area contributed by atoms with Gasteiger partial charge in [0.15, 0.2) is 0 Å². The van der Waals surface area contributed by atoms with Crippen molar-refractivity contribution < 1.29 is 33.9 Å². The molecule has 15 heteroatoms. The molecule has 5 amide bonds. The number of carbonyl (C=O) groups excluding carboxylic acids is 5. The summed E-state index contributed by atoms with van der Waals surface area (Å²) in [6.45, 7) is 3.50. The van der Waals surface area contributed by atoms with Gasteiger partial charge in [-0.3, -0.25) is 24.0 Å². The smallest absolute Gasteiger partial charge is 0.326 e. The van der Waals surface area contributed by atoms with Crippen molar-refractivity contribution in [1.82, 2.24) is 25.9 Å². The van der Waals surface area contributed by atoms with E-state index in [1.165, 1.54) is 12.5 Å². The second-order valence-electron chi connectivity index (χ2n) is 8.38. The monoisotopic (exact) mass is 496 g/mol. The van der Waals surface area contributed by atoms with Crippen LogP contribution in [0.5, 0.6) is 0 Å². The van der Waals surface area contributed by atoms with Crippen molar-refractivity contribution in [3.05, 3.63) is 18.2 Å². The summed E-state index contributed by atoms with van der Waals surface area (Å²) in [5, 5.41) is 16.1. The highest BCUT2D eigenvalue weighted by atomic mass is 16.4. The first-order valence-electron chi connectivity index (χ1n) is 10.7. The van der Waals surface area contributed by atoms with Crippen molar-refractivity contribution in [3.63, 3.8) is 0 Å². The van der Waals surface area contributed by atoms with Gasteiger partial charge in [0.1, 0.15) is 18.1 Å². The zero-order chi connectivity index (χ0) is 26.7. The number of nitrogens with two attached hydrogens (primary N) is 3. The summed E-state index contributed by atoms with van der Waals surface area (Å²) in [6.07, 6.45) is 1.69. The molecule has 0 bridgehead atoms. The number of H-pyrrole nitrogens is 1. The molecule has 4 unspecified atom stereocenters. The van der Waals surface area contributed by atoms with Gasteiger partial charge in [-0.2, -0.15) is 0 Å². The summed E-state index contributed by atoms with van der Waals surface area (Å²) < 4.78 is 0. The fourth-order valence-corrected chi connectivity index (χ4v) is 3.06. The number of aromatic nitrogens is 2. The number of carboxylic acid groups (broad SMARTS) is 1. The number of carboxylic acids is 1. The number of carbonyl (C=O) groups is 6. The van der Waals surface area contributed by atoms with E-state index in [1.54, 1.807) is 13.8 Å². The number of amides is 5. The maximum atomic E-state index is 12.8. The van der Waals surface area contributed by atoms with E-state index >= 15 is 0 Å². The summed E-state index contributed by atoms with van der Waals surface area (Å²) >= 11 is 0. The van der Waals surface area contributed by atoms with Gasteiger partial charge in [0.2, 0.25) is 29.5 Å². The molecule has 0 aromatic carbocycles. The lowest BCUT2D eigenvalue weighted by Gasteiger charge is -2.24. The fourth-order valence-electron chi connectivity index (χ4n) is 3.06. The van der Waals surface area contributed by atoms with Gasteiger partial charge in [0.25, 0.3) is 0 Å². The van der Waals surface area contributed by atoms with Gasteiger partial charge in [-0.1, -0.05) is 13.8 Å². The molecule has 0 spiro atoms. The number of nitrogens with one attached hydrogen (secondary N) is 4. The Balaban J connectivity index is 2.96. The lowest BCUT2D eigenvalue weighted by molar-refractivity contribution is -0.143. The van der Waals surface area contributed by atoms with Crippen molar-refractivity contribution in [2.75, 3.05) is 0 Å². The van der Waals surface area contributed by atoms with Crippen molar-refractivity contribution in [3.8, 4) is 0 Å². The summed E-state index contributed by atoms with van der Waals surface area (Å²) in [4.78, 5) is 78.9. The molecule has 0 radical (unpaired) electrons. The molecule has 11 N–H and O–H groups in total. The third-order valence-electron chi connectivity index (χ3n) is 4.73. The summed E-state index contributed by atoms with van der Waals surface area (Å²) in [5.74, 6) is -6.08. The highest BCUT2D eigenvalue weighted by molar-refractivity contribution is 5.97. The first-order valence-corrected chi connectivity index (χ1v) is 10.7. The number of hydrogen-bond acceptors (Lipinski definition) is 8. The number of aromatic amines is 1. The molecule has 1 heterocycles. The van der Waals surface area contributed by atoms with E-state index in [0.29, 0.717) is 5.69 Å². The molecule has 0 fully saturated rings. The number of aliphatic carboxylic acids is 1. The number of rotatable bonds is 15. The van der Waals surface area contributed by atoms with Gasteiger partial charge in [0.05, 0.1) is 25.2 Å². The summed E-state index contributed by atoms with van der Waals surface area (Å²) in [7, 11) is 0. The van der Waals surface area contributed by atoms with Crippen LogP contribution in [0.15, 0.2) is 12.5 Å². The van der Waals surface area contributed by atoms with Crippen LogP contribution >= 0.6 is 0 Å². The predicted octanol–water partition coefficient (Wildman–Crippen LogP) is -3.38. The third-order valence-corrected chi connectivity index (χ3v) is 4.73. The van der Waals surface area contributed by atoms with Crippen LogP contribution in [0.3, 0.4) is 0 Å². The predicted molar refractivity (Wildman–Crippen MR) is 121 cm³/mol. The Labute approximate surface area is 200 Å². The molecular weight excluding hydrogens is 464 g/mol. The highest BCUT2D eigenvalue weighted by Gasteiger charge is 2.32. The molecule has 1 rings (SSSR count). The molecule has 0 aliphatic carbocycles. The van der Waals surface area contributed by atoms with E-state index in [-0.39, 0.29) is 18.8 Å². The average Bonchev–Trinajstić information content (AvgIpc) is 3.23. The molecule has 0 saturated heterocycles. The molecule has 194 valence electrons. The first kappa shape index (κ1) is 29.0. The molecule has 0 aliphatic rings. The molecule has 35 heavy (non-hydrogen) atoms. The van der Waals surface area contributed by atoms with Crippen molar-refractivity contribution >= 4 is 35.5 Å². The van der Waals surface area contributed by atoms with Gasteiger partial charge in [-0.05, 0) is 12.3 Å². The Morgan fingerprint density at radius 1 is 0.914 bits per heavy atom. The zero-order valence-electron chi connectivity index (χ0n) is 19.4. The van der Waals surface area contributed by atoms with Crippen molar-refractivity contribution in [2.45, 2.75) is 63.7 Å². The minimum Gasteiger partial charge on any atom is -0.480 e. The van der Waals surface area contributed by atoms with Gasteiger partial charge in [-0.15, -0.1) is 0 Å². The lowest BCUT2D eigenvalue weighted by Crippen LogP contribution is -2.58. The number of primary amides is 2. The minimum absolute atomic E-state index is 0.0515. The summed E-state index contributed by atoms with van der Waals surface area (Å²) in [6, 6.07) is -5.49. The van der Waals surface area contributed by atoms with Crippen LogP contribution in [-0.4, -0.2) is 74.7 Å². The van der Waals surface area contributed by atoms with E-state index < -0.39 is 72.5 Å². The van der Waals surface area contributed by atoms with E-state index in [2.05, 4.69) is 25.9 Å². The van der Waals surface area contributed by atoms with Gasteiger partial charge >= 0.3 is 5.97 Å². The van der Waals surface area contributed by atoms with E-state index in [9.17, 15) is 33.9 Å². The van der Waals surface area contributed by atoms with Crippen LogP contribution in [0.1, 0.15) is 38.8 Å². The van der Waals surface area contributed by atoms with Gasteiger partial charge < -0.3 is 43.2 Å². The summed E-state index contributed by atoms with van der Waals surface area (Å²) in [5.41, 5.74) is 16.7. The Hall–Kier alpha value is -4.01. The van der Waals surface area contributed by atoms with Crippen molar-refractivity contribution in [1.29, 1.82) is 0 Å². The van der Waals surface area contributed by atoms with Crippen LogP contribution in [0.2, 0.25) is 0 Å². The third kappa shape index (κ3) is 10.6. The van der Waals surface area contributed by atoms with E-state index in [4.69, 9.17) is 17.2 Å². The lowest BCUT2D eigenvalue weighted by atomic mass is 10.0. The van der Waals surface area contributed by atoms with Crippen LogP contribution in [-0.2, 0) is 35.2 Å². The maximum absolute atomic E-state index is 12.8. The topological polar surface area (TPSA) is 265 Å². The van der Waals surface area contributed by atoms with Crippen LogP contribution in [0.25, 0.3) is 0 Å². The zero-order valence-corrected chi connectivity index (χ0v) is 19.4. The maximum Gasteiger partial charge on any atom is 0.326 e. The fraction of sp³-hybridized carbons (Fsp3) is 0.550. The average molecular weight is 497 g/mol. The normalized spacial score (nSPS) is 14.3. The van der Waals surface area contributed by atoms with Crippen LogP contribution in [0.4, 0.5) is 0 Å². The Bertz CT molecular complexity index is 919. The second-order valence-corrected chi connectivity index (χ2v) is 8.38. The number of nitrogens with zero attached hydrogens (tertiary/aromatic N) is 1. The molecule has 1 aromatic rings.